The van der Waals surface area contributed by atoms with Gasteiger partial charge in [0.25, 0.3) is 0 Å². The summed E-state index contributed by atoms with van der Waals surface area (Å²) < 4.78 is 28.0. The van der Waals surface area contributed by atoms with Gasteiger partial charge in [0, 0.05) is 32.1 Å². The zero-order chi connectivity index (χ0) is 12.4. The average Bonchev–Trinajstić information content (AvgIpc) is 3.08. The molecule has 0 aromatic carbocycles. The maximum atomic E-state index is 11.3. The summed E-state index contributed by atoms with van der Waals surface area (Å²) >= 11 is 0. The molecule has 0 bridgehead atoms. The standard InChI is InChI=1S/C12H23NO3S/c1-17(14,15)9-6-12(4-7-16-8-5-12)10-13-11-2-3-11/h11,13H,2-10H2,1H3. The van der Waals surface area contributed by atoms with Crippen molar-refractivity contribution in [3.05, 3.63) is 0 Å². The number of hydrogen-bond donors (Lipinski definition) is 1. The van der Waals surface area contributed by atoms with Crippen molar-refractivity contribution in [2.45, 2.75) is 38.1 Å². The number of ether oxygens (including phenoxy) is 1. The molecule has 1 N–H and O–H groups in total. The Morgan fingerprint density at radius 2 is 1.94 bits per heavy atom. The van der Waals surface area contributed by atoms with Crippen LogP contribution in [0.25, 0.3) is 0 Å². The van der Waals surface area contributed by atoms with Crippen LogP contribution in [0.3, 0.4) is 0 Å². The van der Waals surface area contributed by atoms with Crippen LogP contribution in [0, 0.1) is 5.41 Å². The van der Waals surface area contributed by atoms with E-state index in [1.807, 2.05) is 0 Å². The van der Waals surface area contributed by atoms with Crippen LogP contribution in [0.15, 0.2) is 0 Å². The summed E-state index contributed by atoms with van der Waals surface area (Å²) in [5.74, 6) is 0.305. The highest BCUT2D eigenvalue weighted by molar-refractivity contribution is 7.90. The maximum absolute atomic E-state index is 11.3. The summed E-state index contributed by atoms with van der Waals surface area (Å²) in [6.07, 6.45) is 6.63. The highest BCUT2D eigenvalue weighted by Crippen LogP contribution is 2.35. The molecule has 1 saturated heterocycles. The van der Waals surface area contributed by atoms with Gasteiger partial charge in [-0.1, -0.05) is 0 Å². The monoisotopic (exact) mass is 261 g/mol. The van der Waals surface area contributed by atoms with Gasteiger partial charge >= 0.3 is 0 Å². The second kappa shape index (κ2) is 5.24. The largest absolute Gasteiger partial charge is 0.381 e. The highest BCUT2D eigenvalue weighted by atomic mass is 32.2. The summed E-state index contributed by atoms with van der Waals surface area (Å²) in [5.41, 5.74) is 0.143. The van der Waals surface area contributed by atoms with E-state index in [2.05, 4.69) is 5.32 Å². The first-order valence-corrected chi connectivity index (χ1v) is 8.54. The van der Waals surface area contributed by atoms with Crippen LogP contribution in [-0.2, 0) is 14.6 Å². The van der Waals surface area contributed by atoms with E-state index in [1.54, 1.807) is 0 Å². The summed E-state index contributed by atoms with van der Waals surface area (Å²) in [7, 11) is -2.85. The van der Waals surface area contributed by atoms with Gasteiger partial charge in [-0.05, 0) is 37.5 Å². The minimum atomic E-state index is -2.85. The van der Waals surface area contributed by atoms with Crippen molar-refractivity contribution < 1.29 is 13.2 Å². The second-order valence-corrected chi connectivity index (χ2v) is 7.91. The van der Waals surface area contributed by atoms with Crippen molar-refractivity contribution in [2.75, 3.05) is 31.8 Å². The van der Waals surface area contributed by atoms with Crippen LogP contribution in [0.5, 0.6) is 0 Å². The first-order valence-electron chi connectivity index (χ1n) is 6.48. The molecule has 5 heteroatoms. The SMILES string of the molecule is CS(=O)(=O)CCC1(CNC2CC2)CCOCC1. The van der Waals surface area contributed by atoms with Crippen LogP contribution >= 0.6 is 0 Å². The van der Waals surface area contributed by atoms with E-state index in [0.29, 0.717) is 11.8 Å². The fraction of sp³-hybridized carbons (Fsp3) is 1.00. The molecule has 1 aliphatic heterocycles. The van der Waals surface area contributed by atoms with Gasteiger partial charge in [0.15, 0.2) is 0 Å². The third-order valence-electron chi connectivity index (χ3n) is 3.90. The maximum Gasteiger partial charge on any atom is 0.147 e. The van der Waals surface area contributed by atoms with E-state index >= 15 is 0 Å². The summed E-state index contributed by atoms with van der Waals surface area (Å²) in [6.45, 7) is 2.50. The molecular weight excluding hydrogens is 238 g/mol. The molecule has 100 valence electrons. The molecular formula is C12H23NO3S. The molecule has 0 atom stereocenters. The molecule has 0 aromatic heterocycles. The number of nitrogens with one attached hydrogen (secondary N) is 1. The zero-order valence-electron chi connectivity index (χ0n) is 10.6. The smallest absolute Gasteiger partial charge is 0.147 e. The van der Waals surface area contributed by atoms with Crippen molar-refractivity contribution in [3.8, 4) is 0 Å². The average molecular weight is 261 g/mol. The van der Waals surface area contributed by atoms with Crippen molar-refractivity contribution >= 4 is 9.84 Å². The van der Waals surface area contributed by atoms with Gasteiger partial charge in [-0.3, -0.25) is 0 Å². The molecule has 0 aromatic rings. The van der Waals surface area contributed by atoms with E-state index in [1.165, 1.54) is 19.1 Å². The van der Waals surface area contributed by atoms with Gasteiger partial charge in [0.1, 0.15) is 9.84 Å². The topological polar surface area (TPSA) is 55.4 Å². The lowest BCUT2D eigenvalue weighted by atomic mass is 9.77. The summed E-state index contributed by atoms with van der Waals surface area (Å²) in [5, 5.41) is 3.55. The van der Waals surface area contributed by atoms with Crippen LogP contribution < -0.4 is 5.32 Å². The van der Waals surface area contributed by atoms with Crippen molar-refractivity contribution in [1.29, 1.82) is 0 Å². The van der Waals surface area contributed by atoms with Gasteiger partial charge in [-0.15, -0.1) is 0 Å². The van der Waals surface area contributed by atoms with Crippen LogP contribution in [0.1, 0.15) is 32.1 Å². The van der Waals surface area contributed by atoms with Crippen molar-refractivity contribution in [3.63, 3.8) is 0 Å². The Hall–Kier alpha value is -0.130. The van der Waals surface area contributed by atoms with Gasteiger partial charge in [0.05, 0.1) is 5.75 Å². The number of hydrogen-bond acceptors (Lipinski definition) is 4. The van der Waals surface area contributed by atoms with Crippen LogP contribution in [0.2, 0.25) is 0 Å². The second-order valence-electron chi connectivity index (χ2n) is 5.65. The molecule has 2 fully saturated rings. The van der Waals surface area contributed by atoms with E-state index in [0.717, 1.165) is 39.0 Å². The fourth-order valence-corrected chi connectivity index (χ4v) is 3.17. The molecule has 1 heterocycles. The first-order chi connectivity index (χ1) is 7.99. The molecule has 2 aliphatic rings. The molecule has 1 aliphatic carbocycles. The van der Waals surface area contributed by atoms with Crippen LogP contribution in [0.4, 0.5) is 0 Å². The number of rotatable bonds is 6. The molecule has 0 radical (unpaired) electrons. The predicted molar refractivity (Wildman–Crippen MR) is 67.8 cm³/mol. The molecule has 0 amide bonds. The quantitative estimate of drug-likeness (QED) is 0.774. The van der Waals surface area contributed by atoms with Gasteiger partial charge < -0.3 is 10.1 Å². The third-order valence-corrected chi connectivity index (χ3v) is 4.85. The molecule has 17 heavy (non-hydrogen) atoms. The van der Waals surface area contributed by atoms with E-state index in [4.69, 9.17) is 4.74 Å². The van der Waals surface area contributed by atoms with E-state index in [9.17, 15) is 8.42 Å². The highest BCUT2D eigenvalue weighted by Gasteiger charge is 2.35. The molecule has 0 spiro atoms. The number of sulfone groups is 1. The normalized spacial score (nSPS) is 24.8. The Balaban J connectivity index is 1.89. The molecule has 0 unspecified atom stereocenters. The summed E-state index contributed by atoms with van der Waals surface area (Å²) in [4.78, 5) is 0. The minimum Gasteiger partial charge on any atom is -0.381 e. The Kier molecular flexibility index (Phi) is 4.10. The zero-order valence-corrected chi connectivity index (χ0v) is 11.4. The van der Waals surface area contributed by atoms with Gasteiger partial charge in [-0.2, -0.15) is 0 Å². The van der Waals surface area contributed by atoms with Crippen LogP contribution in [-0.4, -0.2) is 46.2 Å². The lowest BCUT2D eigenvalue weighted by Crippen LogP contribution is -2.41. The molecule has 1 saturated carbocycles. The minimum absolute atomic E-state index is 0.143. The van der Waals surface area contributed by atoms with E-state index < -0.39 is 9.84 Å². The third kappa shape index (κ3) is 4.56. The Morgan fingerprint density at radius 1 is 1.29 bits per heavy atom. The Morgan fingerprint density at radius 3 is 2.47 bits per heavy atom. The fourth-order valence-electron chi connectivity index (χ4n) is 2.37. The van der Waals surface area contributed by atoms with Gasteiger partial charge in [-0.25, -0.2) is 8.42 Å². The van der Waals surface area contributed by atoms with Crippen molar-refractivity contribution in [2.24, 2.45) is 5.41 Å². The Bertz CT molecular complexity index is 343. The lowest BCUT2D eigenvalue weighted by molar-refractivity contribution is 0.0131. The Labute approximate surface area is 104 Å². The lowest BCUT2D eigenvalue weighted by Gasteiger charge is -2.37. The van der Waals surface area contributed by atoms with Crippen molar-refractivity contribution in [1.82, 2.24) is 5.32 Å². The summed E-state index contributed by atoms with van der Waals surface area (Å²) in [6, 6.07) is 0.688. The molecule has 2 rings (SSSR count). The first kappa shape index (κ1) is 13.3. The predicted octanol–water partition coefficient (Wildman–Crippen LogP) is 0.970. The molecule has 4 nitrogen and oxygen atoms in total. The van der Waals surface area contributed by atoms with Gasteiger partial charge in [0.2, 0.25) is 0 Å². The van der Waals surface area contributed by atoms with E-state index in [-0.39, 0.29) is 5.41 Å².